The van der Waals surface area contributed by atoms with E-state index in [9.17, 15) is 14.7 Å². The molecule has 10 nitrogen and oxygen atoms in total. The van der Waals surface area contributed by atoms with E-state index in [1.54, 1.807) is 72.9 Å². The molecule has 0 atom stereocenters. The second-order valence-corrected chi connectivity index (χ2v) is 9.53. The van der Waals surface area contributed by atoms with Gasteiger partial charge < -0.3 is 30.5 Å². The Morgan fingerprint density at radius 3 is 2.51 bits per heavy atom. The third kappa shape index (κ3) is 6.75. The minimum absolute atomic E-state index is 0.205. The molecule has 2 aromatic heterocycles. The molecule has 10 heteroatoms. The van der Waals surface area contributed by atoms with E-state index in [-0.39, 0.29) is 17.6 Å². The maximum Gasteiger partial charge on any atom is 0.255 e. The Morgan fingerprint density at radius 2 is 1.68 bits per heavy atom. The third-order valence-corrected chi connectivity index (χ3v) is 6.11. The van der Waals surface area contributed by atoms with Crippen LogP contribution in [0.15, 0.2) is 103 Å². The maximum atomic E-state index is 13.0. The molecule has 0 fully saturated rings. The van der Waals surface area contributed by atoms with Crippen LogP contribution in [-0.4, -0.2) is 57.0 Å². The molecule has 0 aliphatic heterocycles. The normalized spacial score (nSPS) is 11.2. The van der Waals surface area contributed by atoms with E-state index in [0.29, 0.717) is 40.9 Å². The first-order valence-corrected chi connectivity index (χ1v) is 12.9. The molecule has 3 aromatic carbocycles. The number of phenolic OH excluding ortho intramolecular Hbond substituents is 1. The Labute approximate surface area is 237 Å². The lowest BCUT2D eigenvalue weighted by molar-refractivity contribution is -0.111. The lowest BCUT2D eigenvalue weighted by atomic mass is 10.1. The number of hydrogen-bond donors (Lipinski definition) is 4. The zero-order valence-corrected chi connectivity index (χ0v) is 22.6. The van der Waals surface area contributed by atoms with Crippen LogP contribution in [0.2, 0.25) is 0 Å². The minimum atomic E-state index is -0.317. The van der Waals surface area contributed by atoms with Crippen LogP contribution in [-0.2, 0) is 4.79 Å². The number of aromatic nitrogens is 3. The molecule has 0 saturated heterocycles. The van der Waals surface area contributed by atoms with Gasteiger partial charge in [0.25, 0.3) is 5.91 Å². The van der Waals surface area contributed by atoms with Crippen LogP contribution in [0.5, 0.6) is 5.75 Å². The number of aromatic hydroxyl groups is 1. The quantitative estimate of drug-likeness (QED) is 0.188. The van der Waals surface area contributed by atoms with Gasteiger partial charge in [-0.25, -0.2) is 4.98 Å². The number of carbonyl (C=O) groups is 2. The predicted octanol–water partition coefficient (Wildman–Crippen LogP) is 5.18. The van der Waals surface area contributed by atoms with Crippen molar-refractivity contribution < 1.29 is 14.7 Å². The fourth-order valence-electron chi connectivity index (χ4n) is 4.19. The van der Waals surface area contributed by atoms with Gasteiger partial charge >= 0.3 is 0 Å². The van der Waals surface area contributed by atoms with Gasteiger partial charge in [0.2, 0.25) is 11.9 Å². The molecule has 41 heavy (non-hydrogen) atoms. The highest BCUT2D eigenvalue weighted by atomic mass is 16.3. The molecule has 5 aromatic rings. The number of hydrogen-bond acceptors (Lipinski definition) is 7. The Hall–Kier alpha value is -5.48. The summed E-state index contributed by atoms with van der Waals surface area (Å²) in [7, 11) is 3.84. The molecular formula is C31H29N7O3. The fourth-order valence-corrected chi connectivity index (χ4v) is 4.19. The number of benzene rings is 3. The molecular weight excluding hydrogens is 518 g/mol. The summed E-state index contributed by atoms with van der Waals surface area (Å²) in [5.74, 6) is 0.625. The number of carbonyl (C=O) groups excluding carboxylic acids is 2. The topological polar surface area (TPSA) is 124 Å². The van der Waals surface area contributed by atoms with E-state index in [0.717, 1.165) is 10.9 Å². The number of nitrogens with one attached hydrogen (secondary N) is 3. The van der Waals surface area contributed by atoms with Crippen LogP contribution >= 0.6 is 0 Å². The maximum absolute atomic E-state index is 13.0. The van der Waals surface area contributed by atoms with Crippen molar-refractivity contribution in [1.29, 1.82) is 0 Å². The highest BCUT2D eigenvalue weighted by molar-refractivity contribution is 6.06. The first-order valence-electron chi connectivity index (χ1n) is 12.9. The average molecular weight is 548 g/mol. The van der Waals surface area contributed by atoms with Crippen molar-refractivity contribution in [2.45, 2.75) is 0 Å². The Balaban J connectivity index is 1.26. The number of phenols is 1. The second kappa shape index (κ2) is 12.1. The molecule has 0 radical (unpaired) electrons. The zero-order chi connectivity index (χ0) is 28.8. The van der Waals surface area contributed by atoms with Crippen molar-refractivity contribution in [2.75, 3.05) is 36.6 Å². The highest BCUT2D eigenvalue weighted by Gasteiger charge is 2.11. The molecule has 0 saturated carbocycles. The summed E-state index contributed by atoms with van der Waals surface area (Å²) in [6.07, 6.45) is 6.72. The van der Waals surface area contributed by atoms with Gasteiger partial charge in [-0.3, -0.25) is 9.59 Å². The van der Waals surface area contributed by atoms with Crippen molar-refractivity contribution in [1.82, 2.24) is 19.4 Å². The number of likely N-dealkylation sites (N-methyl/N-ethyl adjacent to an activating group) is 1. The lowest BCUT2D eigenvalue weighted by Crippen LogP contribution is -2.14. The summed E-state index contributed by atoms with van der Waals surface area (Å²) < 4.78 is 1.87. The molecule has 2 heterocycles. The summed E-state index contributed by atoms with van der Waals surface area (Å²) in [4.78, 5) is 36.0. The van der Waals surface area contributed by atoms with E-state index >= 15 is 0 Å². The average Bonchev–Trinajstić information content (AvgIpc) is 3.39. The summed E-state index contributed by atoms with van der Waals surface area (Å²) in [5.41, 5.74) is 3.00. The summed E-state index contributed by atoms with van der Waals surface area (Å²) in [5, 5.41) is 19.7. The Morgan fingerprint density at radius 1 is 0.927 bits per heavy atom. The van der Waals surface area contributed by atoms with E-state index in [1.807, 2.05) is 48.0 Å². The largest absolute Gasteiger partial charge is 0.507 e. The van der Waals surface area contributed by atoms with E-state index in [2.05, 4.69) is 25.9 Å². The van der Waals surface area contributed by atoms with Crippen molar-refractivity contribution in [3.63, 3.8) is 0 Å². The van der Waals surface area contributed by atoms with Crippen LogP contribution in [0.1, 0.15) is 10.4 Å². The van der Waals surface area contributed by atoms with Crippen molar-refractivity contribution in [2.24, 2.45) is 0 Å². The number of anilines is 4. The van der Waals surface area contributed by atoms with E-state index in [4.69, 9.17) is 0 Å². The van der Waals surface area contributed by atoms with Gasteiger partial charge in [0.15, 0.2) is 0 Å². The Kier molecular flexibility index (Phi) is 8.03. The van der Waals surface area contributed by atoms with Crippen LogP contribution in [0.4, 0.5) is 23.0 Å². The molecule has 0 unspecified atom stereocenters. The third-order valence-electron chi connectivity index (χ3n) is 6.11. The minimum Gasteiger partial charge on any atom is -0.507 e. The highest BCUT2D eigenvalue weighted by Crippen LogP contribution is 2.27. The number of amides is 2. The SMILES string of the molecule is CN(C)C/C=C/C(=O)Nc1cccc(C(=O)Nc2cccc(Nc3nccc(-n4ccc5c(O)cccc54)n3)c2)c1. The standard InChI is InChI=1S/C31H29N7O3/c1-37(2)17-6-13-29(40)33-22-8-3-7-21(19-22)30(41)34-23-9-4-10-24(20-23)35-31-32-16-14-28(36-31)38-18-15-25-26(38)11-5-12-27(25)39/h3-16,18-20,39H,17H2,1-2H3,(H,33,40)(H,34,41)(H,32,35,36)/b13-6+. The van der Waals surface area contributed by atoms with Gasteiger partial charge in [0.05, 0.1) is 5.52 Å². The molecule has 0 aliphatic carbocycles. The van der Waals surface area contributed by atoms with Gasteiger partial charge in [-0.1, -0.05) is 24.3 Å². The Bertz CT molecular complexity index is 1740. The molecule has 206 valence electrons. The summed E-state index contributed by atoms with van der Waals surface area (Å²) in [6, 6.07) is 22.9. The van der Waals surface area contributed by atoms with Crippen molar-refractivity contribution in [3.8, 4) is 11.6 Å². The first-order chi connectivity index (χ1) is 19.9. The smallest absolute Gasteiger partial charge is 0.255 e. The van der Waals surface area contributed by atoms with Gasteiger partial charge in [0, 0.05) is 53.0 Å². The predicted molar refractivity (Wildman–Crippen MR) is 161 cm³/mol. The molecule has 0 spiro atoms. The van der Waals surface area contributed by atoms with Crippen molar-refractivity contribution in [3.05, 3.63) is 109 Å². The lowest BCUT2D eigenvalue weighted by Gasteiger charge is -2.11. The molecule has 2 amide bonds. The van der Waals surface area contributed by atoms with Crippen LogP contribution in [0.3, 0.4) is 0 Å². The zero-order valence-electron chi connectivity index (χ0n) is 22.6. The number of rotatable bonds is 9. The van der Waals surface area contributed by atoms with Gasteiger partial charge in [-0.15, -0.1) is 0 Å². The van der Waals surface area contributed by atoms with Gasteiger partial charge in [0.1, 0.15) is 11.6 Å². The number of fused-ring (bicyclic) bond motifs is 1. The van der Waals surface area contributed by atoms with E-state index in [1.165, 1.54) is 6.08 Å². The summed E-state index contributed by atoms with van der Waals surface area (Å²) in [6.45, 7) is 0.650. The molecule has 5 rings (SSSR count). The van der Waals surface area contributed by atoms with Crippen LogP contribution in [0.25, 0.3) is 16.7 Å². The first kappa shape index (κ1) is 27.1. The fraction of sp³-hybridized carbons (Fsp3) is 0.0968. The molecule has 0 aliphatic rings. The molecule has 0 bridgehead atoms. The summed E-state index contributed by atoms with van der Waals surface area (Å²) >= 11 is 0. The van der Waals surface area contributed by atoms with Crippen molar-refractivity contribution >= 4 is 45.7 Å². The second-order valence-electron chi connectivity index (χ2n) is 9.53. The van der Waals surface area contributed by atoms with Crippen LogP contribution < -0.4 is 16.0 Å². The monoisotopic (exact) mass is 547 g/mol. The van der Waals surface area contributed by atoms with Crippen LogP contribution in [0, 0.1) is 0 Å². The van der Waals surface area contributed by atoms with E-state index < -0.39 is 0 Å². The van der Waals surface area contributed by atoms with Gasteiger partial charge in [-0.2, -0.15) is 4.98 Å². The van der Waals surface area contributed by atoms with Gasteiger partial charge in [-0.05, 0) is 74.8 Å². The number of nitrogens with zero attached hydrogens (tertiary/aromatic N) is 4. The molecule has 4 N–H and O–H groups in total.